The lowest BCUT2D eigenvalue weighted by Gasteiger charge is -2.26. The second-order valence-corrected chi connectivity index (χ2v) is 6.95. The second kappa shape index (κ2) is 7.10. The van der Waals surface area contributed by atoms with Crippen LogP contribution in [0.3, 0.4) is 0 Å². The summed E-state index contributed by atoms with van der Waals surface area (Å²) >= 11 is 5.78. The molecule has 0 atom stereocenters. The van der Waals surface area contributed by atoms with E-state index in [0.717, 1.165) is 12.1 Å². The molecule has 0 bridgehead atoms. The van der Waals surface area contributed by atoms with Crippen LogP contribution >= 0.6 is 11.6 Å². The van der Waals surface area contributed by atoms with Crippen LogP contribution in [0.2, 0.25) is 5.22 Å². The van der Waals surface area contributed by atoms with E-state index >= 15 is 0 Å². The molecule has 0 unspecified atom stereocenters. The number of halogens is 4. The molecular weight excluding hydrogens is 395 g/mol. The summed E-state index contributed by atoms with van der Waals surface area (Å²) in [6.45, 7) is 1.60. The minimum absolute atomic E-state index is 0.267. The quantitative estimate of drug-likeness (QED) is 0.702. The van der Waals surface area contributed by atoms with Crippen molar-refractivity contribution in [1.29, 1.82) is 0 Å². The molecule has 3 heterocycles. The summed E-state index contributed by atoms with van der Waals surface area (Å²) in [6.07, 6.45) is -3.85. The van der Waals surface area contributed by atoms with Gasteiger partial charge in [-0.3, -0.25) is 9.69 Å². The van der Waals surface area contributed by atoms with Crippen molar-refractivity contribution in [3.8, 4) is 11.4 Å². The number of alkyl halides is 3. The zero-order chi connectivity index (χ0) is 19.9. The average molecular weight is 410 g/mol. The molecule has 1 aliphatic rings. The molecule has 0 saturated carbocycles. The number of hydrogen-bond donors (Lipinski definition) is 1. The van der Waals surface area contributed by atoms with Crippen LogP contribution in [0.15, 0.2) is 45.6 Å². The summed E-state index contributed by atoms with van der Waals surface area (Å²) in [6, 6.07) is 8.02. The molecule has 5 nitrogen and oxygen atoms in total. The Morgan fingerprint density at radius 1 is 1.18 bits per heavy atom. The van der Waals surface area contributed by atoms with Gasteiger partial charge in [0.2, 0.25) is 0 Å². The molecule has 0 saturated heterocycles. The summed E-state index contributed by atoms with van der Waals surface area (Å²) in [5.41, 5.74) is 0.611. The minimum atomic E-state index is -4.41. The minimum Gasteiger partial charge on any atom is -0.448 e. The van der Waals surface area contributed by atoms with E-state index in [4.69, 9.17) is 16.0 Å². The summed E-state index contributed by atoms with van der Waals surface area (Å²) in [7, 11) is 0. The van der Waals surface area contributed by atoms with Crippen molar-refractivity contribution in [2.75, 3.05) is 6.54 Å². The Hall–Kier alpha value is -2.58. The van der Waals surface area contributed by atoms with Crippen LogP contribution in [0.25, 0.3) is 11.4 Å². The standard InChI is InChI=1S/C19H15ClF3N3O2/c20-16-6-5-13(28-16)9-26-8-7-15-14(10-26)18(27)25-17(24-15)11-1-3-12(4-2-11)19(21,22)23/h1-6H,7-10H2,(H,24,25,27). The summed E-state index contributed by atoms with van der Waals surface area (Å²) in [4.78, 5) is 21.7. The number of furan rings is 1. The fraction of sp³-hybridized carbons (Fsp3) is 0.263. The number of aromatic nitrogens is 2. The monoisotopic (exact) mass is 409 g/mol. The average Bonchev–Trinajstić information content (AvgIpc) is 3.06. The summed E-state index contributed by atoms with van der Waals surface area (Å²) in [5, 5.41) is 0.313. The zero-order valence-electron chi connectivity index (χ0n) is 14.5. The lowest BCUT2D eigenvalue weighted by atomic mass is 10.1. The number of hydrogen-bond acceptors (Lipinski definition) is 4. The number of fused-ring (bicyclic) bond motifs is 1. The number of H-pyrrole nitrogens is 1. The van der Waals surface area contributed by atoms with E-state index in [0.29, 0.717) is 53.9 Å². The molecule has 0 radical (unpaired) electrons. The molecule has 1 aliphatic heterocycles. The third kappa shape index (κ3) is 3.83. The fourth-order valence-electron chi connectivity index (χ4n) is 3.23. The van der Waals surface area contributed by atoms with Crippen LogP contribution in [-0.2, 0) is 25.7 Å². The summed E-state index contributed by atoms with van der Waals surface area (Å²) < 4.78 is 43.5. The number of rotatable bonds is 3. The van der Waals surface area contributed by atoms with Gasteiger partial charge in [-0.1, -0.05) is 12.1 Å². The van der Waals surface area contributed by atoms with Crippen LogP contribution in [-0.4, -0.2) is 21.4 Å². The van der Waals surface area contributed by atoms with Crippen LogP contribution in [0.5, 0.6) is 0 Å². The first-order valence-corrected chi connectivity index (χ1v) is 8.93. The molecule has 0 aliphatic carbocycles. The highest BCUT2D eigenvalue weighted by Crippen LogP contribution is 2.30. The van der Waals surface area contributed by atoms with E-state index in [2.05, 4.69) is 9.97 Å². The molecule has 0 amide bonds. The Labute approximate surface area is 162 Å². The number of benzene rings is 1. The first kappa shape index (κ1) is 18.8. The molecule has 146 valence electrons. The molecule has 1 aromatic carbocycles. The van der Waals surface area contributed by atoms with Crippen molar-refractivity contribution in [3.63, 3.8) is 0 Å². The maximum atomic E-state index is 12.7. The van der Waals surface area contributed by atoms with Gasteiger partial charge in [0.25, 0.3) is 5.56 Å². The van der Waals surface area contributed by atoms with E-state index < -0.39 is 11.7 Å². The van der Waals surface area contributed by atoms with Gasteiger partial charge < -0.3 is 9.40 Å². The van der Waals surface area contributed by atoms with E-state index in [1.54, 1.807) is 12.1 Å². The Morgan fingerprint density at radius 2 is 1.93 bits per heavy atom. The van der Waals surface area contributed by atoms with E-state index in [9.17, 15) is 18.0 Å². The van der Waals surface area contributed by atoms with Crippen molar-refractivity contribution in [2.24, 2.45) is 0 Å². The van der Waals surface area contributed by atoms with E-state index in [1.165, 1.54) is 12.1 Å². The highest BCUT2D eigenvalue weighted by Gasteiger charge is 2.30. The zero-order valence-corrected chi connectivity index (χ0v) is 15.3. The summed E-state index contributed by atoms with van der Waals surface area (Å²) in [5.74, 6) is 0.975. The van der Waals surface area contributed by atoms with Gasteiger partial charge >= 0.3 is 6.18 Å². The van der Waals surface area contributed by atoms with Gasteiger partial charge in [0.1, 0.15) is 11.6 Å². The largest absolute Gasteiger partial charge is 0.448 e. The predicted octanol–water partition coefficient (Wildman–Crippen LogP) is 4.26. The van der Waals surface area contributed by atoms with Crippen molar-refractivity contribution in [1.82, 2.24) is 14.9 Å². The number of aromatic amines is 1. The highest BCUT2D eigenvalue weighted by atomic mass is 35.5. The molecular formula is C19H15ClF3N3O2. The van der Waals surface area contributed by atoms with Gasteiger partial charge in [0, 0.05) is 25.1 Å². The van der Waals surface area contributed by atoms with Gasteiger partial charge in [-0.2, -0.15) is 13.2 Å². The topological polar surface area (TPSA) is 62.1 Å². The Bertz CT molecular complexity index is 1060. The molecule has 0 fully saturated rings. The maximum absolute atomic E-state index is 12.7. The van der Waals surface area contributed by atoms with Crippen LogP contribution in [0.1, 0.15) is 22.6 Å². The fourth-order valence-corrected chi connectivity index (χ4v) is 3.39. The van der Waals surface area contributed by atoms with Crippen LogP contribution in [0, 0.1) is 0 Å². The third-order valence-corrected chi connectivity index (χ3v) is 4.84. The lowest BCUT2D eigenvalue weighted by Crippen LogP contribution is -2.35. The Balaban J connectivity index is 1.56. The second-order valence-electron chi connectivity index (χ2n) is 6.58. The smallest absolute Gasteiger partial charge is 0.416 e. The normalized spacial score (nSPS) is 14.9. The molecule has 2 aromatic heterocycles. The van der Waals surface area contributed by atoms with Crippen molar-refractivity contribution in [3.05, 3.63) is 74.6 Å². The third-order valence-electron chi connectivity index (χ3n) is 4.64. The first-order chi connectivity index (χ1) is 13.3. The number of nitrogens with one attached hydrogen (secondary N) is 1. The van der Waals surface area contributed by atoms with Crippen LogP contribution < -0.4 is 5.56 Å². The predicted molar refractivity (Wildman–Crippen MR) is 96.8 cm³/mol. The maximum Gasteiger partial charge on any atom is 0.416 e. The van der Waals surface area contributed by atoms with Gasteiger partial charge in [0.05, 0.1) is 23.4 Å². The number of nitrogens with zero attached hydrogens (tertiary/aromatic N) is 2. The molecule has 28 heavy (non-hydrogen) atoms. The van der Waals surface area contributed by atoms with Crippen molar-refractivity contribution >= 4 is 11.6 Å². The first-order valence-electron chi connectivity index (χ1n) is 8.56. The molecule has 9 heteroatoms. The lowest BCUT2D eigenvalue weighted by molar-refractivity contribution is -0.137. The Morgan fingerprint density at radius 3 is 2.57 bits per heavy atom. The van der Waals surface area contributed by atoms with Gasteiger partial charge in [-0.25, -0.2) is 4.98 Å². The van der Waals surface area contributed by atoms with E-state index in [1.807, 2.05) is 4.90 Å². The molecule has 0 spiro atoms. The van der Waals surface area contributed by atoms with Crippen molar-refractivity contribution in [2.45, 2.75) is 25.7 Å². The molecule has 1 N–H and O–H groups in total. The van der Waals surface area contributed by atoms with Crippen LogP contribution in [0.4, 0.5) is 13.2 Å². The van der Waals surface area contributed by atoms with E-state index in [-0.39, 0.29) is 11.4 Å². The van der Waals surface area contributed by atoms with Crippen molar-refractivity contribution < 1.29 is 17.6 Å². The van der Waals surface area contributed by atoms with Gasteiger partial charge in [-0.05, 0) is 35.9 Å². The van der Waals surface area contributed by atoms with Gasteiger partial charge in [0.15, 0.2) is 5.22 Å². The molecule has 4 rings (SSSR count). The molecule has 3 aromatic rings. The highest BCUT2D eigenvalue weighted by molar-refractivity contribution is 6.28. The SMILES string of the molecule is O=c1[nH]c(-c2ccc(C(F)(F)F)cc2)nc2c1CN(Cc1ccc(Cl)o1)CC2. The Kier molecular flexibility index (Phi) is 4.76. The van der Waals surface area contributed by atoms with Gasteiger partial charge in [-0.15, -0.1) is 0 Å².